The lowest BCUT2D eigenvalue weighted by atomic mass is 9.95. The molecule has 1 aromatic carbocycles. The Hall–Kier alpha value is -2.19. The fraction of sp³-hybridized carbons (Fsp3) is 0.619. The number of hydrogen-bond acceptors (Lipinski definition) is 6. The number of halogens is 1. The van der Waals surface area contributed by atoms with Crippen LogP contribution in [0.2, 0.25) is 0 Å². The molecule has 2 fully saturated rings. The number of amides is 1. The lowest BCUT2D eigenvalue weighted by Crippen LogP contribution is -2.60. The summed E-state index contributed by atoms with van der Waals surface area (Å²) >= 11 is 0. The zero-order valence-electron chi connectivity index (χ0n) is 17.1. The van der Waals surface area contributed by atoms with E-state index >= 15 is 4.39 Å². The van der Waals surface area contributed by atoms with Gasteiger partial charge in [-0.15, -0.1) is 0 Å². The van der Waals surface area contributed by atoms with Crippen LogP contribution < -0.4 is 0 Å². The number of ether oxygens (including phenoxy) is 3. The quantitative estimate of drug-likeness (QED) is 0.668. The van der Waals surface area contributed by atoms with Crippen LogP contribution in [0, 0.1) is 5.82 Å². The minimum atomic E-state index is -0.529. The molecule has 0 aliphatic carbocycles. The molecule has 1 amide bonds. The van der Waals surface area contributed by atoms with Crippen molar-refractivity contribution in [3.8, 4) is 0 Å². The summed E-state index contributed by atoms with van der Waals surface area (Å²) in [6.07, 6.45) is -0.334. The van der Waals surface area contributed by atoms with E-state index in [0.717, 1.165) is 0 Å². The predicted molar refractivity (Wildman–Crippen MR) is 102 cm³/mol. The van der Waals surface area contributed by atoms with Crippen LogP contribution >= 0.6 is 0 Å². The lowest BCUT2D eigenvalue weighted by Gasteiger charge is -2.46. The summed E-state index contributed by atoms with van der Waals surface area (Å²) in [6.45, 7) is 8.48. The first kappa shape index (κ1) is 20.1. The molecule has 2 saturated heterocycles. The van der Waals surface area contributed by atoms with Crippen molar-refractivity contribution in [2.24, 2.45) is 0 Å². The van der Waals surface area contributed by atoms with Crippen LogP contribution in [0.25, 0.3) is 0 Å². The molecule has 0 radical (unpaired) electrons. The Kier molecular flexibility index (Phi) is 5.25. The number of fused-ring (bicyclic) bond motifs is 2. The first-order valence-corrected chi connectivity index (χ1v) is 10.0. The highest BCUT2D eigenvalue weighted by Gasteiger charge is 2.38. The molecule has 29 heavy (non-hydrogen) atoms. The van der Waals surface area contributed by atoms with Gasteiger partial charge in [0.25, 0.3) is 0 Å². The van der Waals surface area contributed by atoms with E-state index in [4.69, 9.17) is 14.2 Å². The SMILES string of the molecule is CC(C)(C)OC(=O)N1CCN2CC(c3ccc4c(c3F)CCOC4=O)OCC2C1. The zero-order valence-corrected chi connectivity index (χ0v) is 17.1. The van der Waals surface area contributed by atoms with Gasteiger partial charge >= 0.3 is 12.1 Å². The fourth-order valence-electron chi connectivity index (χ4n) is 4.11. The van der Waals surface area contributed by atoms with Crippen LogP contribution in [-0.2, 0) is 20.6 Å². The average Bonchev–Trinajstić information content (AvgIpc) is 2.67. The van der Waals surface area contributed by atoms with Crippen LogP contribution in [0.5, 0.6) is 0 Å². The zero-order chi connectivity index (χ0) is 20.8. The first-order chi connectivity index (χ1) is 13.7. The summed E-state index contributed by atoms with van der Waals surface area (Å²) in [4.78, 5) is 28.1. The number of esters is 1. The summed E-state index contributed by atoms with van der Waals surface area (Å²) in [7, 11) is 0. The second-order valence-corrected chi connectivity index (χ2v) is 8.78. The summed E-state index contributed by atoms with van der Waals surface area (Å²) in [6, 6.07) is 3.32. The monoisotopic (exact) mass is 406 g/mol. The standard InChI is InChI=1S/C21H27FN2O5/c1-21(2,3)29-20(26)24-8-7-23-11-17(28-12-13(23)10-24)16-5-4-15-14(18(16)22)6-9-27-19(15)25/h4-5,13,17H,6-12H2,1-3H3. The molecule has 3 aliphatic rings. The van der Waals surface area contributed by atoms with Gasteiger partial charge < -0.3 is 19.1 Å². The second kappa shape index (κ2) is 7.57. The van der Waals surface area contributed by atoms with Gasteiger partial charge in [-0.2, -0.15) is 0 Å². The molecular weight excluding hydrogens is 379 g/mol. The van der Waals surface area contributed by atoms with E-state index in [1.54, 1.807) is 17.0 Å². The maximum absolute atomic E-state index is 15.1. The number of benzene rings is 1. The minimum Gasteiger partial charge on any atom is -0.462 e. The first-order valence-electron chi connectivity index (χ1n) is 10.0. The molecule has 2 unspecified atom stereocenters. The van der Waals surface area contributed by atoms with Crippen LogP contribution in [0.4, 0.5) is 9.18 Å². The van der Waals surface area contributed by atoms with Gasteiger partial charge in [-0.1, -0.05) is 6.07 Å². The van der Waals surface area contributed by atoms with E-state index in [-0.39, 0.29) is 24.6 Å². The Morgan fingerprint density at radius 2 is 2.03 bits per heavy atom. The van der Waals surface area contributed by atoms with Gasteiger partial charge in [0.1, 0.15) is 11.4 Å². The minimum absolute atomic E-state index is 0.0585. The van der Waals surface area contributed by atoms with E-state index in [0.29, 0.717) is 55.9 Å². The maximum Gasteiger partial charge on any atom is 0.410 e. The second-order valence-electron chi connectivity index (χ2n) is 8.78. The molecule has 3 aliphatic heterocycles. The molecule has 8 heteroatoms. The number of nitrogens with zero attached hydrogens (tertiary/aromatic N) is 2. The van der Waals surface area contributed by atoms with Crippen LogP contribution in [0.15, 0.2) is 12.1 Å². The fourth-order valence-corrected chi connectivity index (χ4v) is 4.11. The molecule has 0 aromatic heterocycles. The number of cyclic esters (lactones) is 1. The van der Waals surface area contributed by atoms with Crippen molar-refractivity contribution >= 4 is 12.1 Å². The van der Waals surface area contributed by atoms with Gasteiger partial charge in [0, 0.05) is 43.7 Å². The molecule has 0 spiro atoms. The molecule has 7 nitrogen and oxygen atoms in total. The maximum atomic E-state index is 15.1. The summed E-state index contributed by atoms with van der Waals surface area (Å²) < 4.78 is 31.5. The molecule has 4 rings (SSSR count). The molecular formula is C21H27FN2O5. The van der Waals surface area contributed by atoms with Crippen molar-refractivity contribution in [3.63, 3.8) is 0 Å². The smallest absolute Gasteiger partial charge is 0.410 e. The number of piperazine rings is 1. The molecule has 0 saturated carbocycles. The van der Waals surface area contributed by atoms with Gasteiger partial charge in [-0.3, -0.25) is 4.90 Å². The van der Waals surface area contributed by atoms with Crippen molar-refractivity contribution in [2.75, 3.05) is 39.4 Å². The molecule has 0 N–H and O–H groups in total. The van der Waals surface area contributed by atoms with Crippen molar-refractivity contribution in [3.05, 3.63) is 34.6 Å². The van der Waals surface area contributed by atoms with Gasteiger partial charge in [0.2, 0.25) is 0 Å². The Labute approximate surface area is 169 Å². The third kappa shape index (κ3) is 4.09. The van der Waals surface area contributed by atoms with Crippen molar-refractivity contribution in [1.29, 1.82) is 0 Å². The summed E-state index contributed by atoms with van der Waals surface area (Å²) in [5, 5.41) is 0. The third-order valence-electron chi connectivity index (χ3n) is 5.57. The number of rotatable bonds is 1. The number of hydrogen-bond donors (Lipinski definition) is 0. The Bertz CT molecular complexity index is 822. The van der Waals surface area contributed by atoms with E-state index in [9.17, 15) is 9.59 Å². The van der Waals surface area contributed by atoms with Crippen LogP contribution in [0.3, 0.4) is 0 Å². The van der Waals surface area contributed by atoms with Gasteiger partial charge in [0.15, 0.2) is 0 Å². The Morgan fingerprint density at radius 1 is 1.24 bits per heavy atom. The van der Waals surface area contributed by atoms with E-state index < -0.39 is 17.7 Å². The van der Waals surface area contributed by atoms with Gasteiger partial charge in [-0.25, -0.2) is 14.0 Å². The van der Waals surface area contributed by atoms with E-state index in [1.165, 1.54) is 0 Å². The van der Waals surface area contributed by atoms with Crippen LogP contribution in [-0.4, -0.2) is 72.9 Å². The number of carbonyl (C=O) groups is 2. The third-order valence-corrected chi connectivity index (χ3v) is 5.57. The number of carbonyl (C=O) groups excluding carboxylic acids is 2. The highest BCUT2D eigenvalue weighted by Crippen LogP contribution is 2.32. The normalized spacial score (nSPS) is 25.1. The van der Waals surface area contributed by atoms with Gasteiger partial charge in [0.05, 0.1) is 30.9 Å². The summed E-state index contributed by atoms with van der Waals surface area (Å²) in [5.74, 6) is -0.838. The average molecular weight is 406 g/mol. The molecule has 158 valence electrons. The highest BCUT2D eigenvalue weighted by molar-refractivity contribution is 5.92. The van der Waals surface area contributed by atoms with E-state index in [1.807, 2.05) is 20.8 Å². The molecule has 3 heterocycles. The van der Waals surface area contributed by atoms with Crippen molar-refractivity contribution in [2.45, 2.75) is 44.9 Å². The largest absolute Gasteiger partial charge is 0.462 e. The molecule has 1 aromatic rings. The predicted octanol–water partition coefficient (Wildman–Crippen LogP) is 2.53. The van der Waals surface area contributed by atoms with Crippen molar-refractivity contribution in [1.82, 2.24) is 9.80 Å². The summed E-state index contributed by atoms with van der Waals surface area (Å²) in [5.41, 5.74) is 0.668. The molecule has 0 bridgehead atoms. The molecule has 2 atom stereocenters. The Morgan fingerprint density at radius 3 is 2.79 bits per heavy atom. The van der Waals surface area contributed by atoms with Crippen LogP contribution in [0.1, 0.15) is 48.4 Å². The lowest BCUT2D eigenvalue weighted by molar-refractivity contribution is -0.0916. The highest BCUT2D eigenvalue weighted by atomic mass is 19.1. The Balaban J connectivity index is 1.43. The van der Waals surface area contributed by atoms with E-state index in [2.05, 4.69) is 4.90 Å². The van der Waals surface area contributed by atoms with Crippen molar-refractivity contribution < 1.29 is 28.2 Å². The number of morpholine rings is 1. The van der Waals surface area contributed by atoms with Gasteiger partial charge in [-0.05, 0) is 26.8 Å². The topological polar surface area (TPSA) is 68.3 Å².